The maximum absolute atomic E-state index is 6.53. The van der Waals surface area contributed by atoms with E-state index in [-0.39, 0.29) is 0 Å². The van der Waals surface area contributed by atoms with E-state index in [4.69, 9.17) is 37.4 Å². The van der Waals surface area contributed by atoms with Crippen molar-refractivity contribution in [2.45, 2.75) is 26.6 Å². The summed E-state index contributed by atoms with van der Waals surface area (Å²) in [6.45, 7) is 4.11. The van der Waals surface area contributed by atoms with Crippen LogP contribution >= 0.6 is 23.2 Å². The van der Waals surface area contributed by atoms with Crippen molar-refractivity contribution in [2.24, 2.45) is 0 Å². The van der Waals surface area contributed by atoms with E-state index in [1.807, 2.05) is 67.6 Å². The molecule has 30 heavy (non-hydrogen) atoms. The highest BCUT2D eigenvalue weighted by atomic mass is 35.5. The van der Waals surface area contributed by atoms with Crippen LogP contribution < -0.4 is 19.5 Å². The van der Waals surface area contributed by atoms with E-state index in [9.17, 15) is 0 Å². The van der Waals surface area contributed by atoms with Gasteiger partial charge in [0.05, 0.1) is 18.7 Å². The van der Waals surface area contributed by atoms with Gasteiger partial charge in [-0.2, -0.15) is 0 Å². The SMILES string of the molecule is CCOc1cc(CNCc2ccccc2OC)cc(Cl)c1OCc1cccc(Cl)c1. The Morgan fingerprint density at radius 1 is 0.833 bits per heavy atom. The summed E-state index contributed by atoms with van der Waals surface area (Å²) in [5.41, 5.74) is 3.06. The van der Waals surface area contributed by atoms with Gasteiger partial charge in [0.15, 0.2) is 11.5 Å². The Balaban J connectivity index is 1.69. The zero-order chi connectivity index (χ0) is 21.3. The molecule has 0 bridgehead atoms. The minimum Gasteiger partial charge on any atom is -0.496 e. The highest BCUT2D eigenvalue weighted by Gasteiger charge is 2.13. The molecular formula is C24H25Cl2NO3. The molecule has 0 saturated heterocycles. The third kappa shape index (κ3) is 6.05. The molecule has 6 heteroatoms. The summed E-state index contributed by atoms with van der Waals surface area (Å²) in [5, 5.41) is 4.60. The number of halogens is 2. The number of hydrogen-bond donors (Lipinski definition) is 1. The molecule has 3 rings (SSSR count). The first-order chi connectivity index (χ1) is 14.6. The van der Waals surface area contributed by atoms with Gasteiger partial charge in [-0.3, -0.25) is 0 Å². The van der Waals surface area contributed by atoms with Crippen molar-refractivity contribution in [1.82, 2.24) is 5.32 Å². The Hall–Kier alpha value is -2.40. The topological polar surface area (TPSA) is 39.7 Å². The molecule has 0 spiro atoms. The van der Waals surface area contributed by atoms with Gasteiger partial charge in [0.1, 0.15) is 12.4 Å². The molecular weight excluding hydrogens is 421 g/mol. The lowest BCUT2D eigenvalue weighted by Gasteiger charge is -2.16. The molecule has 158 valence electrons. The summed E-state index contributed by atoms with van der Waals surface area (Å²) in [6.07, 6.45) is 0. The van der Waals surface area contributed by atoms with Crippen molar-refractivity contribution in [3.8, 4) is 17.2 Å². The maximum Gasteiger partial charge on any atom is 0.180 e. The maximum atomic E-state index is 6.53. The van der Waals surface area contributed by atoms with Gasteiger partial charge in [-0.15, -0.1) is 0 Å². The molecule has 0 aromatic heterocycles. The van der Waals surface area contributed by atoms with E-state index in [1.165, 1.54) is 0 Å². The van der Waals surface area contributed by atoms with E-state index < -0.39 is 0 Å². The second-order valence-corrected chi connectivity index (χ2v) is 7.52. The summed E-state index contributed by atoms with van der Waals surface area (Å²) in [6, 6.07) is 19.3. The Kier molecular flexibility index (Phi) is 8.26. The quantitative estimate of drug-likeness (QED) is 0.399. The Morgan fingerprint density at radius 2 is 1.67 bits per heavy atom. The van der Waals surface area contributed by atoms with Gasteiger partial charge in [-0.05, 0) is 48.4 Å². The van der Waals surface area contributed by atoms with Crippen LogP contribution in [0.15, 0.2) is 60.7 Å². The first-order valence-corrected chi connectivity index (χ1v) is 10.5. The van der Waals surface area contributed by atoms with Gasteiger partial charge in [-0.1, -0.05) is 53.5 Å². The molecule has 4 nitrogen and oxygen atoms in total. The molecule has 0 unspecified atom stereocenters. The molecule has 1 N–H and O–H groups in total. The van der Waals surface area contributed by atoms with Crippen molar-refractivity contribution < 1.29 is 14.2 Å². The second-order valence-electron chi connectivity index (χ2n) is 6.67. The van der Waals surface area contributed by atoms with Gasteiger partial charge in [0.2, 0.25) is 0 Å². The van der Waals surface area contributed by atoms with Crippen LogP contribution in [0.1, 0.15) is 23.6 Å². The minimum absolute atomic E-state index is 0.353. The first-order valence-electron chi connectivity index (χ1n) is 9.75. The van der Waals surface area contributed by atoms with E-state index in [0.29, 0.717) is 47.8 Å². The Labute approximate surface area is 187 Å². The fourth-order valence-corrected chi connectivity index (χ4v) is 3.60. The van der Waals surface area contributed by atoms with Gasteiger partial charge in [0, 0.05) is 23.7 Å². The van der Waals surface area contributed by atoms with Crippen molar-refractivity contribution in [2.75, 3.05) is 13.7 Å². The van der Waals surface area contributed by atoms with Crippen LogP contribution in [-0.2, 0) is 19.7 Å². The van der Waals surface area contributed by atoms with Gasteiger partial charge in [0.25, 0.3) is 0 Å². The number of rotatable bonds is 10. The van der Waals surface area contributed by atoms with Crippen LogP contribution in [0, 0.1) is 0 Å². The molecule has 3 aromatic carbocycles. The smallest absolute Gasteiger partial charge is 0.180 e. The fourth-order valence-electron chi connectivity index (χ4n) is 3.10. The predicted molar refractivity (Wildman–Crippen MR) is 122 cm³/mol. The van der Waals surface area contributed by atoms with E-state index in [2.05, 4.69) is 5.32 Å². The number of nitrogens with one attached hydrogen (secondary N) is 1. The number of para-hydroxylation sites is 1. The highest BCUT2D eigenvalue weighted by molar-refractivity contribution is 6.32. The standard InChI is InChI=1S/C24H25Cl2NO3/c1-3-29-23-13-18(14-27-15-19-8-4-5-10-22(19)28-2)12-21(26)24(23)30-16-17-7-6-9-20(25)11-17/h4-13,27H,3,14-16H2,1-2H3. The lowest BCUT2D eigenvalue weighted by Crippen LogP contribution is -2.13. The highest BCUT2D eigenvalue weighted by Crippen LogP contribution is 2.37. The summed E-state index contributed by atoms with van der Waals surface area (Å²) < 4.78 is 17.2. The number of hydrogen-bond acceptors (Lipinski definition) is 4. The Morgan fingerprint density at radius 3 is 2.43 bits per heavy atom. The van der Waals surface area contributed by atoms with Crippen LogP contribution in [0.25, 0.3) is 0 Å². The lowest BCUT2D eigenvalue weighted by atomic mass is 10.1. The average Bonchev–Trinajstić information content (AvgIpc) is 2.74. The molecule has 0 heterocycles. The molecule has 0 saturated carbocycles. The van der Waals surface area contributed by atoms with Crippen molar-refractivity contribution in [3.05, 3.63) is 87.4 Å². The van der Waals surface area contributed by atoms with E-state index in [0.717, 1.165) is 22.4 Å². The zero-order valence-electron chi connectivity index (χ0n) is 17.1. The van der Waals surface area contributed by atoms with Crippen molar-refractivity contribution >= 4 is 23.2 Å². The molecule has 0 aliphatic carbocycles. The van der Waals surface area contributed by atoms with E-state index in [1.54, 1.807) is 7.11 Å². The number of ether oxygens (including phenoxy) is 3. The third-order valence-electron chi connectivity index (χ3n) is 4.48. The monoisotopic (exact) mass is 445 g/mol. The summed E-state index contributed by atoms with van der Waals surface area (Å²) >= 11 is 12.6. The normalized spacial score (nSPS) is 10.7. The van der Waals surface area contributed by atoms with Gasteiger partial charge >= 0.3 is 0 Å². The van der Waals surface area contributed by atoms with Crippen LogP contribution in [0.4, 0.5) is 0 Å². The van der Waals surface area contributed by atoms with E-state index >= 15 is 0 Å². The second kappa shape index (κ2) is 11.1. The van der Waals surface area contributed by atoms with Crippen LogP contribution in [0.2, 0.25) is 10.0 Å². The molecule has 0 aliphatic heterocycles. The van der Waals surface area contributed by atoms with Crippen molar-refractivity contribution in [1.29, 1.82) is 0 Å². The molecule has 0 radical (unpaired) electrons. The number of methoxy groups -OCH3 is 1. The largest absolute Gasteiger partial charge is 0.496 e. The molecule has 0 atom stereocenters. The Bertz CT molecular complexity index is 978. The average molecular weight is 446 g/mol. The summed E-state index contributed by atoms with van der Waals surface area (Å²) in [4.78, 5) is 0. The zero-order valence-corrected chi connectivity index (χ0v) is 18.6. The molecule has 0 aliphatic rings. The molecule has 0 amide bonds. The first kappa shape index (κ1) is 22.3. The summed E-state index contributed by atoms with van der Waals surface area (Å²) in [5.74, 6) is 2.02. The predicted octanol–water partition coefficient (Wildman–Crippen LogP) is 6.27. The van der Waals surface area contributed by atoms with Gasteiger partial charge < -0.3 is 19.5 Å². The van der Waals surface area contributed by atoms with Crippen LogP contribution in [0.3, 0.4) is 0 Å². The number of benzene rings is 3. The van der Waals surface area contributed by atoms with Crippen LogP contribution in [0.5, 0.6) is 17.2 Å². The molecule has 3 aromatic rings. The minimum atomic E-state index is 0.353. The summed E-state index contributed by atoms with van der Waals surface area (Å²) in [7, 11) is 1.68. The molecule has 0 fully saturated rings. The van der Waals surface area contributed by atoms with Crippen molar-refractivity contribution in [3.63, 3.8) is 0 Å². The lowest BCUT2D eigenvalue weighted by molar-refractivity contribution is 0.269. The fraction of sp³-hybridized carbons (Fsp3) is 0.250. The third-order valence-corrected chi connectivity index (χ3v) is 4.99. The van der Waals surface area contributed by atoms with Gasteiger partial charge in [-0.25, -0.2) is 0 Å². The van der Waals surface area contributed by atoms with Crippen LogP contribution in [-0.4, -0.2) is 13.7 Å².